The number of amides is 1. The van der Waals surface area contributed by atoms with E-state index in [4.69, 9.17) is 4.42 Å². The molecule has 108 valence electrons. The minimum atomic E-state index is -0.0765. The van der Waals surface area contributed by atoms with Crippen LogP contribution in [0.25, 0.3) is 11.1 Å². The zero-order chi connectivity index (χ0) is 14.8. The summed E-state index contributed by atoms with van der Waals surface area (Å²) in [6.07, 6.45) is 1.65. The second kappa shape index (κ2) is 5.48. The quantitative estimate of drug-likeness (QED) is 0.797. The van der Waals surface area contributed by atoms with E-state index in [1.165, 1.54) is 0 Å². The third kappa shape index (κ3) is 2.70. The molecule has 1 aromatic carbocycles. The highest BCUT2D eigenvalue weighted by molar-refractivity contribution is 5.97. The van der Waals surface area contributed by atoms with E-state index < -0.39 is 0 Å². The summed E-state index contributed by atoms with van der Waals surface area (Å²) in [6, 6.07) is 13.9. The highest BCUT2D eigenvalue weighted by Crippen LogP contribution is 2.22. The number of carbonyl (C=O) groups excluding carboxylic acids is 1. The number of aromatic nitrogens is 1. The van der Waals surface area contributed by atoms with Crippen LogP contribution in [0.3, 0.4) is 0 Å². The molecular formula is C17H18N2O2. The molecule has 21 heavy (non-hydrogen) atoms. The number of nitrogens with one attached hydrogen (secondary N) is 1. The van der Waals surface area contributed by atoms with Crippen molar-refractivity contribution in [1.82, 2.24) is 9.88 Å². The molecule has 0 spiro atoms. The van der Waals surface area contributed by atoms with Gasteiger partial charge in [0, 0.05) is 24.7 Å². The van der Waals surface area contributed by atoms with E-state index in [9.17, 15) is 4.79 Å². The van der Waals surface area contributed by atoms with Crippen LogP contribution in [0.4, 0.5) is 0 Å². The Balaban J connectivity index is 2.02. The molecule has 0 aliphatic heterocycles. The molecule has 0 saturated heterocycles. The van der Waals surface area contributed by atoms with Gasteiger partial charge in [0.05, 0.1) is 11.8 Å². The van der Waals surface area contributed by atoms with Gasteiger partial charge in [-0.2, -0.15) is 0 Å². The van der Waals surface area contributed by atoms with Crippen LogP contribution < -0.4 is 5.32 Å². The van der Waals surface area contributed by atoms with Crippen molar-refractivity contribution in [3.63, 3.8) is 0 Å². The van der Waals surface area contributed by atoms with Gasteiger partial charge in [-0.15, -0.1) is 0 Å². The number of rotatable bonds is 4. The van der Waals surface area contributed by atoms with Crippen LogP contribution in [0.2, 0.25) is 0 Å². The van der Waals surface area contributed by atoms with Crippen LogP contribution in [-0.4, -0.2) is 16.5 Å². The highest BCUT2D eigenvalue weighted by atomic mass is 16.3. The number of benzene rings is 1. The van der Waals surface area contributed by atoms with E-state index in [2.05, 4.69) is 17.4 Å². The smallest absolute Gasteiger partial charge is 0.268 e. The zero-order valence-corrected chi connectivity index (χ0v) is 12.2. The molecule has 1 amide bonds. The monoisotopic (exact) mass is 282 g/mol. The molecule has 0 saturated carbocycles. The van der Waals surface area contributed by atoms with Crippen molar-refractivity contribution in [2.45, 2.75) is 26.4 Å². The summed E-state index contributed by atoms with van der Waals surface area (Å²) in [5.41, 5.74) is 3.45. The first-order valence-electron chi connectivity index (χ1n) is 7.06. The predicted octanol–water partition coefficient (Wildman–Crippen LogP) is 3.42. The average molecular weight is 282 g/mol. The molecule has 0 fully saturated rings. The number of hydrogen-bond donors (Lipinski definition) is 1. The maximum Gasteiger partial charge on any atom is 0.268 e. The predicted molar refractivity (Wildman–Crippen MR) is 82.4 cm³/mol. The first-order chi connectivity index (χ1) is 10.1. The van der Waals surface area contributed by atoms with Gasteiger partial charge in [0.1, 0.15) is 5.69 Å². The Hall–Kier alpha value is -2.49. The van der Waals surface area contributed by atoms with E-state index in [1.54, 1.807) is 12.3 Å². The lowest BCUT2D eigenvalue weighted by atomic mass is 10.2. The van der Waals surface area contributed by atoms with Crippen LogP contribution in [0.1, 0.15) is 29.9 Å². The van der Waals surface area contributed by atoms with Crippen molar-refractivity contribution >= 4 is 17.0 Å². The van der Waals surface area contributed by atoms with Gasteiger partial charge in [-0.1, -0.05) is 30.3 Å². The fourth-order valence-corrected chi connectivity index (χ4v) is 2.44. The Morgan fingerprint density at radius 1 is 1.24 bits per heavy atom. The number of nitrogens with zero attached hydrogens (tertiary/aromatic N) is 1. The average Bonchev–Trinajstić information content (AvgIpc) is 3.02. The van der Waals surface area contributed by atoms with Crippen molar-refractivity contribution in [2.75, 3.05) is 0 Å². The fourth-order valence-electron chi connectivity index (χ4n) is 2.44. The number of furan rings is 1. The molecule has 0 radical (unpaired) electrons. The Bertz CT molecular complexity index is 754. The van der Waals surface area contributed by atoms with E-state index >= 15 is 0 Å². The minimum absolute atomic E-state index is 0.0765. The fraction of sp³-hybridized carbons (Fsp3) is 0.235. The van der Waals surface area contributed by atoms with Gasteiger partial charge in [-0.3, -0.25) is 4.79 Å². The molecule has 3 aromatic rings. The second-order valence-corrected chi connectivity index (χ2v) is 5.40. The molecule has 0 atom stereocenters. The lowest BCUT2D eigenvalue weighted by Gasteiger charge is -2.12. The summed E-state index contributed by atoms with van der Waals surface area (Å²) in [5, 5.41) is 2.93. The summed E-state index contributed by atoms with van der Waals surface area (Å²) >= 11 is 0. The van der Waals surface area contributed by atoms with Gasteiger partial charge in [-0.05, 0) is 19.4 Å². The Morgan fingerprint density at radius 3 is 2.71 bits per heavy atom. The van der Waals surface area contributed by atoms with Gasteiger partial charge in [0.25, 0.3) is 5.91 Å². The first kappa shape index (κ1) is 13.5. The van der Waals surface area contributed by atoms with Crippen molar-refractivity contribution in [1.29, 1.82) is 0 Å². The Labute approximate surface area is 123 Å². The molecule has 0 unspecified atom stereocenters. The van der Waals surface area contributed by atoms with Crippen LogP contribution in [-0.2, 0) is 6.54 Å². The summed E-state index contributed by atoms with van der Waals surface area (Å²) in [5.74, 6) is -0.0765. The summed E-state index contributed by atoms with van der Waals surface area (Å²) in [4.78, 5) is 12.4. The molecule has 1 N–H and O–H groups in total. The summed E-state index contributed by atoms with van der Waals surface area (Å²) in [7, 11) is 0. The molecule has 0 aliphatic rings. The molecular weight excluding hydrogens is 264 g/mol. The van der Waals surface area contributed by atoms with Crippen molar-refractivity contribution in [3.05, 3.63) is 60.0 Å². The zero-order valence-electron chi connectivity index (χ0n) is 12.2. The maximum atomic E-state index is 12.4. The molecule has 2 heterocycles. The van der Waals surface area contributed by atoms with Gasteiger partial charge < -0.3 is 14.3 Å². The molecule has 4 heteroatoms. The van der Waals surface area contributed by atoms with Gasteiger partial charge in [0.2, 0.25) is 0 Å². The third-order valence-electron chi connectivity index (χ3n) is 3.36. The van der Waals surface area contributed by atoms with E-state index in [-0.39, 0.29) is 11.9 Å². The molecule has 3 rings (SSSR count). The number of carbonyl (C=O) groups is 1. The van der Waals surface area contributed by atoms with Crippen molar-refractivity contribution in [3.8, 4) is 0 Å². The maximum absolute atomic E-state index is 12.4. The molecule has 0 aliphatic carbocycles. The van der Waals surface area contributed by atoms with Crippen LogP contribution in [0.15, 0.2) is 53.1 Å². The number of fused-ring (bicyclic) bond motifs is 1. The Morgan fingerprint density at radius 2 is 2.00 bits per heavy atom. The largest absolute Gasteiger partial charge is 0.463 e. The van der Waals surface area contributed by atoms with E-state index in [0.717, 1.165) is 16.7 Å². The normalized spacial score (nSPS) is 11.2. The van der Waals surface area contributed by atoms with Crippen molar-refractivity contribution < 1.29 is 9.21 Å². The topological polar surface area (TPSA) is 47.2 Å². The minimum Gasteiger partial charge on any atom is -0.463 e. The number of hydrogen-bond acceptors (Lipinski definition) is 2. The Kier molecular flexibility index (Phi) is 3.52. The van der Waals surface area contributed by atoms with Crippen LogP contribution in [0.5, 0.6) is 0 Å². The molecule has 2 aromatic heterocycles. The molecule has 4 nitrogen and oxygen atoms in total. The third-order valence-corrected chi connectivity index (χ3v) is 3.36. The first-order valence-corrected chi connectivity index (χ1v) is 7.06. The summed E-state index contributed by atoms with van der Waals surface area (Å²) < 4.78 is 7.42. The highest BCUT2D eigenvalue weighted by Gasteiger charge is 2.18. The van der Waals surface area contributed by atoms with Crippen LogP contribution >= 0.6 is 0 Å². The SMILES string of the molecule is CC(C)NC(=O)c1cc2occc2n1Cc1ccccc1. The summed E-state index contributed by atoms with van der Waals surface area (Å²) in [6.45, 7) is 4.55. The standard InChI is InChI=1S/C17H18N2O2/c1-12(2)18-17(20)15-10-16-14(8-9-21-16)19(15)11-13-6-4-3-5-7-13/h3-10,12H,11H2,1-2H3,(H,18,20). The second-order valence-electron chi connectivity index (χ2n) is 5.40. The van der Waals surface area contributed by atoms with Crippen LogP contribution in [0, 0.1) is 0 Å². The van der Waals surface area contributed by atoms with Gasteiger partial charge in [0.15, 0.2) is 5.58 Å². The van der Waals surface area contributed by atoms with Gasteiger partial charge in [-0.25, -0.2) is 0 Å². The van der Waals surface area contributed by atoms with Crippen molar-refractivity contribution in [2.24, 2.45) is 0 Å². The van der Waals surface area contributed by atoms with E-state index in [0.29, 0.717) is 12.2 Å². The lowest BCUT2D eigenvalue weighted by Crippen LogP contribution is -2.31. The van der Waals surface area contributed by atoms with E-state index in [1.807, 2.05) is 42.7 Å². The van der Waals surface area contributed by atoms with Gasteiger partial charge >= 0.3 is 0 Å². The lowest BCUT2D eigenvalue weighted by molar-refractivity contribution is 0.0934. The molecule has 0 bridgehead atoms.